The van der Waals surface area contributed by atoms with E-state index in [1.165, 1.54) is 54.4 Å². The number of likely N-dealkylation sites (N-methyl/N-ethyl adjacent to an activating group) is 1. The summed E-state index contributed by atoms with van der Waals surface area (Å²) in [6.07, 6.45) is 20.3. The molecule has 31 heavy (non-hydrogen) atoms. The Morgan fingerprint density at radius 1 is 1.10 bits per heavy atom. The molecule has 1 saturated carbocycles. The number of rotatable bonds is 4. The molecule has 0 unspecified atom stereocenters. The van der Waals surface area contributed by atoms with Gasteiger partial charge >= 0.3 is 0 Å². The predicted molar refractivity (Wildman–Crippen MR) is 138 cm³/mol. The highest BCUT2D eigenvalue weighted by molar-refractivity contribution is 5.52. The van der Waals surface area contributed by atoms with Gasteiger partial charge in [0.25, 0.3) is 0 Å². The number of allylic oxidation sites excluding steroid dienone is 3. The number of terminal acetylenes is 1. The lowest BCUT2D eigenvalue weighted by Crippen LogP contribution is -2.43. The standard InChI is InChI=1S/C18H21N.C9H19N.C2H2/c1-6-16-11-18(15(4)19(5)14(16)3)12-17-10-8-7-9-13(17)2;1-3-10-9(2)7-5-4-6-8-9;1-2/h6-11H,3-4,12H2,1-2,5H3;10H,3-8H2,1-2H3;1-2H/b16-6-;;. The highest BCUT2D eigenvalue weighted by Gasteiger charge is 2.24. The van der Waals surface area contributed by atoms with Crippen LogP contribution in [0.25, 0.3) is 0 Å². The smallest absolute Gasteiger partial charge is 0.0405 e. The van der Waals surface area contributed by atoms with Crippen molar-refractivity contribution in [2.24, 2.45) is 0 Å². The molecule has 2 nitrogen and oxygen atoms in total. The Morgan fingerprint density at radius 2 is 1.71 bits per heavy atom. The van der Waals surface area contributed by atoms with Gasteiger partial charge < -0.3 is 10.2 Å². The molecule has 168 valence electrons. The van der Waals surface area contributed by atoms with Crippen molar-refractivity contribution in [1.82, 2.24) is 10.2 Å². The number of nitrogens with one attached hydrogen (secondary N) is 1. The van der Waals surface area contributed by atoms with E-state index >= 15 is 0 Å². The van der Waals surface area contributed by atoms with Crippen LogP contribution >= 0.6 is 0 Å². The number of hydrogen-bond acceptors (Lipinski definition) is 2. The molecule has 1 aromatic carbocycles. The van der Waals surface area contributed by atoms with E-state index in [1.54, 1.807) is 0 Å². The fraction of sp³-hybridized carbons (Fsp3) is 0.448. The third-order valence-electron chi connectivity index (χ3n) is 6.36. The van der Waals surface area contributed by atoms with E-state index in [0.717, 1.165) is 24.4 Å². The lowest BCUT2D eigenvalue weighted by molar-refractivity contribution is 0.259. The second-order valence-corrected chi connectivity index (χ2v) is 8.62. The fourth-order valence-corrected chi connectivity index (χ4v) is 4.28. The van der Waals surface area contributed by atoms with Crippen LogP contribution in [0, 0.1) is 19.8 Å². The summed E-state index contributed by atoms with van der Waals surface area (Å²) in [5.74, 6) is 0. The van der Waals surface area contributed by atoms with Crippen LogP contribution in [-0.4, -0.2) is 24.0 Å². The van der Waals surface area contributed by atoms with Crippen LogP contribution in [0.3, 0.4) is 0 Å². The van der Waals surface area contributed by atoms with Gasteiger partial charge in [0, 0.05) is 24.0 Å². The van der Waals surface area contributed by atoms with Gasteiger partial charge in [-0.15, -0.1) is 12.8 Å². The van der Waals surface area contributed by atoms with E-state index in [-0.39, 0.29) is 0 Å². The predicted octanol–water partition coefficient (Wildman–Crippen LogP) is 6.95. The van der Waals surface area contributed by atoms with E-state index in [4.69, 9.17) is 0 Å². The van der Waals surface area contributed by atoms with E-state index < -0.39 is 0 Å². The number of nitrogens with zero attached hydrogens (tertiary/aromatic N) is 1. The minimum absolute atomic E-state index is 0.479. The van der Waals surface area contributed by atoms with E-state index in [1.807, 2.05) is 14.0 Å². The lowest BCUT2D eigenvalue weighted by Gasteiger charge is -2.34. The van der Waals surface area contributed by atoms with Gasteiger partial charge in [0.2, 0.25) is 0 Å². The zero-order chi connectivity index (χ0) is 23.4. The molecule has 0 atom stereocenters. The first-order chi connectivity index (χ1) is 14.8. The van der Waals surface area contributed by atoms with Crippen molar-refractivity contribution in [2.45, 2.75) is 71.8 Å². The first kappa shape index (κ1) is 26.5. The normalized spacial score (nSPS) is 19.0. The van der Waals surface area contributed by atoms with Gasteiger partial charge in [-0.25, -0.2) is 0 Å². The van der Waals surface area contributed by atoms with Crippen LogP contribution in [0.5, 0.6) is 0 Å². The molecule has 1 fully saturated rings. The number of hydrogen-bond donors (Lipinski definition) is 1. The Kier molecular flexibility index (Phi) is 11.2. The Hall–Kier alpha value is -2.50. The van der Waals surface area contributed by atoms with Crippen molar-refractivity contribution in [1.29, 1.82) is 0 Å². The molecule has 1 aromatic rings. The van der Waals surface area contributed by atoms with Crippen molar-refractivity contribution in [3.8, 4) is 12.8 Å². The third-order valence-corrected chi connectivity index (χ3v) is 6.36. The maximum atomic E-state index is 4.19. The first-order valence-electron chi connectivity index (χ1n) is 11.4. The van der Waals surface area contributed by atoms with Crippen LogP contribution in [0.1, 0.15) is 64.0 Å². The second kappa shape index (κ2) is 13.0. The van der Waals surface area contributed by atoms with Gasteiger partial charge in [0.05, 0.1) is 0 Å². The van der Waals surface area contributed by atoms with Crippen LogP contribution in [0.2, 0.25) is 0 Å². The highest BCUT2D eigenvalue weighted by Crippen LogP contribution is 2.31. The molecule has 0 amide bonds. The minimum atomic E-state index is 0.479. The fourth-order valence-electron chi connectivity index (χ4n) is 4.28. The first-order valence-corrected chi connectivity index (χ1v) is 11.4. The molecular formula is C29H42N2. The highest BCUT2D eigenvalue weighted by atomic mass is 15.1. The summed E-state index contributed by atoms with van der Waals surface area (Å²) in [6, 6.07) is 8.50. The maximum Gasteiger partial charge on any atom is 0.0405 e. The zero-order valence-corrected chi connectivity index (χ0v) is 20.4. The minimum Gasteiger partial charge on any atom is -0.345 e. The molecule has 1 N–H and O–H groups in total. The zero-order valence-electron chi connectivity index (χ0n) is 20.4. The summed E-state index contributed by atoms with van der Waals surface area (Å²) >= 11 is 0. The average Bonchev–Trinajstić information content (AvgIpc) is 2.78. The summed E-state index contributed by atoms with van der Waals surface area (Å²) in [4.78, 5) is 2.07. The van der Waals surface area contributed by atoms with Crippen molar-refractivity contribution < 1.29 is 0 Å². The monoisotopic (exact) mass is 418 g/mol. The SMILES string of the molecule is C#C.C=C1C(Cc2ccccc2C)=C/C(=C/C)C(=C)N1C.CCNC1(C)CCCCC1. The Bertz CT molecular complexity index is 811. The number of aryl methyl sites for hydroxylation is 1. The van der Waals surface area contributed by atoms with Crippen LogP contribution < -0.4 is 5.32 Å². The Labute approximate surface area is 191 Å². The molecule has 2 aliphatic rings. The molecule has 1 heterocycles. The molecule has 0 aromatic heterocycles. The van der Waals surface area contributed by atoms with E-state index in [9.17, 15) is 0 Å². The summed E-state index contributed by atoms with van der Waals surface area (Å²) < 4.78 is 0. The van der Waals surface area contributed by atoms with E-state index in [0.29, 0.717) is 5.54 Å². The molecule has 3 rings (SSSR count). The van der Waals surface area contributed by atoms with Gasteiger partial charge in [-0.05, 0) is 74.9 Å². The maximum absolute atomic E-state index is 4.19. The molecule has 2 heteroatoms. The van der Waals surface area contributed by atoms with Gasteiger partial charge in [-0.1, -0.05) is 69.7 Å². The van der Waals surface area contributed by atoms with Crippen molar-refractivity contribution in [3.63, 3.8) is 0 Å². The Morgan fingerprint density at radius 3 is 2.26 bits per heavy atom. The van der Waals surface area contributed by atoms with Crippen LogP contribution in [0.15, 0.2) is 72.1 Å². The summed E-state index contributed by atoms with van der Waals surface area (Å²) in [5.41, 5.74) is 7.65. The van der Waals surface area contributed by atoms with Gasteiger partial charge in [0.1, 0.15) is 0 Å². The summed E-state index contributed by atoms with van der Waals surface area (Å²) in [6.45, 7) is 18.2. The quantitative estimate of drug-likeness (QED) is 0.532. The van der Waals surface area contributed by atoms with Crippen molar-refractivity contribution >= 4 is 0 Å². The molecular weight excluding hydrogens is 376 g/mol. The lowest BCUT2D eigenvalue weighted by atomic mass is 9.83. The molecule has 1 aliphatic carbocycles. The van der Waals surface area contributed by atoms with Crippen LogP contribution in [0.4, 0.5) is 0 Å². The van der Waals surface area contributed by atoms with Crippen molar-refractivity contribution in [2.75, 3.05) is 13.6 Å². The van der Waals surface area contributed by atoms with Crippen molar-refractivity contribution in [3.05, 3.63) is 83.2 Å². The topological polar surface area (TPSA) is 15.3 Å². The van der Waals surface area contributed by atoms with Crippen LogP contribution in [-0.2, 0) is 6.42 Å². The molecule has 0 radical (unpaired) electrons. The summed E-state index contributed by atoms with van der Waals surface area (Å²) in [5, 5.41) is 3.56. The molecule has 0 spiro atoms. The number of benzene rings is 1. The molecule has 0 bridgehead atoms. The Balaban J connectivity index is 0.000000337. The summed E-state index contributed by atoms with van der Waals surface area (Å²) in [7, 11) is 2.03. The second-order valence-electron chi connectivity index (χ2n) is 8.62. The largest absolute Gasteiger partial charge is 0.345 e. The van der Waals surface area contributed by atoms with Gasteiger partial charge in [0.15, 0.2) is 0 Å². The molecule has 1 aliphatic heterocycles. The third kappa shape index (κ3) is 7.60. The molecule has 0 saturated heterocycles. The van der Waals surface area contributed by atoms with E-state index in [2.05, 4.69) is 93.4 Å². The van der Waals surface area contributed by atoms with Gasteiger partial charge in [-0.2, -0.15) is 0 Å². The average molecular weight is 419 g/mol. The van der Waals surface area contributed by atoms with Gasteiger partial charge in [-0.3, -0.25) is 0 Å².